The Bertz CT molecular complexity index is 516. The molecular formula is C15H19N3O. The molecule has 19 heavy (non-hydrogen) atoms. The molecule has 0 fully saturated rings. The summed E-state index contributed by atoms with van der Waals surface area (Å²) in [5, 5.41) is 3.33. The van der Waals surface area contributed by atoms with Gasteiger partial charge in [0.25, 0.3) is 0 Å². The van der Waals surface area contributed by atoms with Gasteiger partial charge < -0.3 is 14.6 Å². The van der Waals surface area contributed by atoms with E-state index in [2.05, 4.69) is 29.0 Å². The fraction of sp³-hybridized carbons (Fsp3) is 0.267. The first kappa shape index (κ1) is 13.2. The Labute approximate surface area is 113 Å². The van der Waals surface area contributed by atoms with Gasteiger partial charge in [-0.05, 0) is 24.1 Å². The Kier molecular flexibility index (Phi) is 4.61. The van der Waals surface area contributed by atoms with E-state index in [4.69, 9.17) is 4.74 Å². The van der Waals surface area contributed by atoms with E-state index in [1.807, 2.05) is 29.0 Å². The van der Waals surface area contributed by atoms with Crippen LogP contribution in [0.3, 0.4) is 0 Å². The average molecular weight is 257 g/mol. The molecule has 1 heterocycles. The van der Waals surface area contributed by atoms with Gasteiger partial charge in [0.1, 0.15) is 5.75 Å². The Morgan fingerprint density at radius 2 is 2.16 bits per heavy atom. The quantitative estimate of drug-likeness (QED) is 0.775. The smallest absolute Gasteiger partial charge is 0.203 e. The van der Waals surface area contributed by atoms with Crippen LogP contribution in [-0.2, 0) is 13.0 Å². The molecule has 0 spiro atoms. The minimum absolute atomic E-state index is 0.769. The van der Waals surface area contributed by atoms with Crippen molar-refractivity contribution in [3.63, 3.8) is 0 Å². The first-order chi connectivity index (χ1) is 9.33. The highest BCUT2D eigenvalue weighted by Crippen LogP contribution is 2.12. The van der Waals surface area contributed by atoms with Gasteiger partial charge in [0, 0.05) is 25.5 Å². The van der Waals surface area contributed by atoms with Gasteiger partial charge in [-0.1, -0.05) is 18.2 Å². The summed E-state index contributed by atoms with van der Waals surface area (Å²) in [7, 11) is 1.68. The summed E-state index contributed by atoms with van der Waals surface area (Å²) in [6.07, 6.45) is 6.54. The van der Waals surface area contributed by atoms with Crippen molar-refractivity contribution in [2.45, 2.75) is 13.0 Å². The lowest BCUT2D eigenvalue weighted by atomic mass is 10.1. The number of aromatic nitrogens is 2. The topological polar surface area (TPSA) is 39.1 Å². The van der Waals surface area contributed by atoms with Crippen LogP contribution < -0.4 is 10.1 Å². The van der Waals surface area contributed by atoms with Gasteiger partial charge in [0.2, 0.25) is 5.95 Å². The molecule has 0 amide bonds. The van der Waals surface area contributed by atoms with E-state index < -0.39 is 0 Å². The number of ether oxygens (including phenoxy) is 1. The number of imidazole rings is 1. The first-order valence-corrected chi connectivity index (χ1v) is 6.32. The van der Waals surface area contributed by atoms with Gasteiger partial charge in [0.05, 0.1) is 7.11 Å². The molecule has 4 nitrogen and oxygen atoms in total. The molecule has 0 aliphatic rings. The molecule has 2 aromatic rings. The van der Waals surface area contributed by atoms with E-state index in [0.717, 1.165) is 31.2 Å². The van der Waals surface area contributed by atoms with E-state index in [9.17, 15) is 0 Å². The predicted molar refractivity (Wildman–Crippen MR) is 77.6 cm³/mol. The van der Waals surface area contributed by atoms with E-state index in [1.54, 1.807) is 13.3 Å². The Morgan fingerprint density at radius 1 is 1.37 bits per heavy atom. The number of anilines is 1. The number of nitrogens with one attached hydrogen (secondary N) is 1. The molecule has 2 rings (SSSR count). The molecule has 0 bridgehead atoms. The average Bonchev–Trinajstić information content (AvgIpc) is 2.88. The fourth-order valence-corrected chi connectivity index (χ4v) is 1.87. The van der Waals surface area contributed by atoms with Crippen molar-refractivity contribution in [3.05, 3.63) is 54.9 Å². The van der Waals surface area contributed by atoms with E-state index in [-0.39, 0.29) is 0 Å². The molecule has 0 atom stereocenters. The van der Waals surface area contributed by atoms with Crippen LogP contribution in [0.15, 0.2) is 49.3 Å². The molecule has 0 saturated heterocycles. The summed E-state index contributed by atoms with van der Waals surface area (Å²) < 4.78 is 7.17. The minimum atomic E-state index is 0.769. The number of benzene rings is 1. The highest BCUT2D eigenvalue weighted by atomic mass is 16.5. The SMILES string of the molecule is C=CCn1ccnc1NCCc1ccc(OC)cc1. The largest absolute Gasteiger partial charge is 0.497 e. The molecule has 0 unspecified atom stereocenters. The standard InChI is InChI=1S/C15H19N3O/c1-3-11-18-12-10-17-15(18)16-9-8-13-4-6-14(19-2)7-5-13/h3-7,10,12H,1,8-9,11H2,2H3,(H,16,17). The number of hydrogen-bond acceptors (Lipinski definition) is 3. The summed E-state index contributed by atoms with van der Waals surface area (Å²) in [6, 6.07) is 8.12. The van der Waals surface area contributed by atoms with Gasteiger partial charge in [-0.15, -0.1) is 6.58 Å². The monoisotopic (exact) mass is 257 g/mol. The van der Waals surface area contributed by atoms with Crippen LogP contribution in [0, 0.1) is 0 Å². The lowest BCUT2D eigenvalue weighted by Gasteiger charge is -2.08. The molecule has 4 heteroatoms. The zero-order valence-corrected chi connectivity index (χ0v) is 11.2. The number of rotatable bonds is 7. The Morgan fingerprint density at radius 3 is 2.84 bits per heavy atom. The highest BCUT2D eigenvalue weighted by molar-refractivity contribution is 5.30. The minimum Gasteiger partial charge on any atom is -0.497 e. The third kappa shape index (κ3) is 3.61. The maximum Gasteiger partial charge on any atom is 0.203 e. The molecule has 1 aromatic carbocycles. The number of methoxy groups -OCH3 is 1. The van der Waals surface area contributed by atoms with Crippen LogP contribution in [0.1, 0.15) is 5.56 Å². The number of hydrogen-bond donors (Lipinski definition) is 1. The summed E-state index contributed by atoms with van der Waals surface area (Å²) >= 11 is 0. The summed E-state index contributed by atoms with van der Waals surface area (Å²) in [5.41, 5.74) is 1.27. The molecular weight excluding hydrogens is 238 g/mol. The molecule has 0 radical (unpaired) electrons. The molecule has 1 aromatic heterocycles. The Hall–Kier alpha value is -2.23. The van der Waals surface area contributed by atoms with Crippen molar-refractivity contribution in [1.29, 1.82) is 0 Å². The van der Waals surface area contributed by atoms with Gasteiger partial charge in [-0.2, -0.15) is 0 Å². The summed E-state index contributed by atoms with van der Waals surface area (Å²) in [5.74, 6) is 1.77. The van der Waals surface area contributed by atoms with Crippen molar-refractivity contribution in [1.82, 2.24) is 9.55 Å². The first-order valence-electron chi connectivity index (χ1n) is 6.32. The van der Waals surface area contributed by atoms with Crippen LogP contribution >= 0.6 is 0 Å². The molecule has 100 valence electrons. The molecule has 1 N–H and O–H groups in total. The third-order valence-corrected chi connectivity index (χ3v) is 2.90. The summed E-state index contributed by atoms with van der Waals surface area (Å²) in [6.45, 7) is 5.35. The third-order valence-electron chi connectivity index (χ3n) is 2.90. The lowest BCUT2D eigenvalue weighted by Crippen LogP contribution is -2.10. The maximum absolute atomic E-state index is 5.14. The van der Waals surface area contributed by atoms with E-state index >= 15 is 0 Å². The van der Waals surface area contributed by atoms with Gasteiger partial charge in [0.15, 0.2) is 0 Å². The zero-order valence-electron chi connectivity index (χ0n) is 11.2. The van der Waals surface area contributed by atoms with E-state index in [0.29, 0.717) is 0 Å². The van der Waals surface area contributed by atoms with Crippen LogP contribution in [-0.4, -0.2) is 23.2 Å². The van der Waals surface area contributed by atoms with E-state index in [1.165, 1.54) is 5.56 Å². The van der Waals surface area contributed by atoms with Crippen molar-refractivity contribution in [2.24, 2.45) is 0 Å². The van der Waals surface area contributed by atoms with Crippen LogP contribution in [0.2, 0.25) is 0 Å². The zero-order chi connectivity index (χ0) is 13.5. The maximum atomic E-state index is 5.14. The van der Waals surface area contributed by atoms with Gasteiger partial charge >= 0.3 is 0 Å². The lowest BCUT2D eigenvalue weighted by molar-refractivity contribution is 0.414. The van der Waals surface area contributed by atoms with Crippen LogP contribution in [0.25, 0.3) is 0 Å². The van der Waals surface area contributed by atoms with Crippen molar-refractivity contribution in [2.75, 3.05) is 19.0 Å². The highest BCUT2D eigenvalue weighted by Gasteiger charge is 2.00. The second-order valence-electron chi connectivity index (χ2n) is 4.22. The number of allylic oxidation sites excluding steroid dienone is 1. The predicted octanol–water partition coefficient (Wildman–Crippen LogP) is 2.73. The summed E-state index contributed by atoms with van der Waals surface area (Å²) in [4.78, 5) is 4.28. The van der Waals surface area contributed by atoms with Crippen LogP contribution in [0.5, 0.6) is 5.75 Å². The second kappa shape index (κ2) is 6.64. The molecule has 0 saturated carbocycles. The Balaban J connectivity index is 1.85. The fourth-order valence-electron chi connectivity index (χ4n) is 1.87. The van der Waals surface area contributed by atoms with Crippen molar-refractivity contribution in [3.8, 4) is 5.75 Å². The second-order valence-corrected chi connectivity index (χ2v) is 4.22. The normalized spacial score (nSPS) is 10.2. The van der Waals surface area contributed by atoms with Crippen molar-refractivity contribution >= 4 is 5.95 Å². The molecule has 0 aliphatic heterocycles. The van der Waals surface area contributed by atoms with Gasteiger partial charge in [-0.3, -0.25) is 0 Å². The molecule has 0 aliphatic carbocycles. The number of nitrogens with zero attached hydrogens (tertiary/aromatic N) is 2. The van der Waals surface area contributed by atoms with Gasteiger partial charge in [-0.25, -0.2) is 4.98 Å². The van der Waals surface area contributed by atoms with Crippen molar-refractivity contribution < 1.29 is 4.74 Å². The van der Waals surface area contributed by atoms with Crippen LogP contribution in [0.4, 0.5) is 5.95 Å².